The van der Waals surface area contributed by atoms with Crippen molar-refractivity contribution in [2.45, 2.75) is 271 Å². The topological polar surface area (TPSA) is 61.8 Å². The molecule has 5 heteroatoms. The Morgan fingerprint density at radius 2 is 0.682 bits per heavy atom. The van der Waals surface area contributed by atoms with E-state index in [4.69, 9.17) is 14.2 Å². The van der Waals surface area contributed by atoms with Crippen molar-refractivity contribution in [1.29, 1.82) is 0 Å². The van der Waals surface area contributed by atoms with Gasteiger partial charge >= 0.3 is 11.9 Å². The van der Waals surface area contributed by atoms with E-state index in [1.165, 1.54) is 141 Å². The number of hydrogen-bond acceptors (Lipinski definition) is 5. The van der Waals surface area contributed by atoms with Gasteiger partial charge in [-0.15, -0.1) is 0 Å². The van der Waals surface area contributed by atoms with Crippen molar-refractivity contribution < 1.29 is 23.8 Å². The van der Waals surface area contributed by atoms with Crippen molar-refractivity contribution in [2.24, 2.45) is 0 Å². The van der Waals surface area contributed by atoms with Gasteiger partial charge in [0.25, 0.3) is 0 Å². The summed E-state index contributed by atoms with van der Waals surface area (Å²) in [5.41, 5.74) is 0. The fraction of sp³-hybridized carbons (Fsp3) is 0.738. The van der Waals surface area contributed by atoms with Crippen LogP contribution in [0.4, 0.5) is 0 Å². The van der Waals surface area contributed by atoms with Gasteiger partial charge in [0.15, 0.2) is 6.10 Å². The fourth-order valence-electron chi connectivity index (χ4n) is 7.70. The Kier molecular flexibility index (Phi) is 53.9. The Hall–Kier alpha value is -2.92. The maximum Gasteiger partial charge on any atom is 0.306 e. The monoisotopic (exact) mass is 919 g/mol. The van der Waals surface area contributed by atoms with E-state index in [1.807, 2.05) is 0 Å². The first-order chi connectivity index (χ1) is 32.6. The second-order valence-corrected chi connectivity index (χ2v) is 18.4. The van der Waals surface area contributed by atoms with Crippen molar-refractivity contribution in [1.82, 2.24) is 0 Å². The SMILES string of the molecule is CC/C=C\C/C=C\C/C=C\CCCCCC(=O)OC(COCCCCCCCCCC/C=C\C/C=C\CCCCC)COC(=O)CCCCCCCCCCC/C=C\C/C=C\CCCCC. The summed E-state index contributed by atoms with van der Waals surface area (Å²) in [5.74, 6) is -0.436. The highest BCUT2D eigenvalue weighted by Crippen LogP contribution is 2.14. The second-order valence-electron chi connectivity index (χ2n) is 18.4. The van der Waals surface area contributed by atoms with E-state index in [1.54, 1.807) is 0 Å². The third-order valence-electron chi connectivity index (χ3n) is 11.9. The number of allylic oxidation sites excluding steroid dienone is 14. The number of esters is 2. The molecule has 0 radical (unpaired) electrons. The van der Waals surface area contributed by atoms with Gasteiger partial charge in [-0.3, -0.25) is 9.59 Å². The molecule has 0 aliphatic heterocycles. The summed E-state index contributed by atoms with van der Waals surface area (Å²) in [6, 6.07) is 0. The second kappa shape index (κ2) is 56.4. The molecular formula is C61H106O5. The minimum absolute atomic E-state index is 0.0661. The van der Waals surface area contributed by atoms with Crippen LogP contribution < -0.4 is 0 Å². The zero-order valence-electron chi connectivity index (χ0n) is 43.7. The quantitative estimate of drug-likeness (QED) is 0.0346. The zero-order chi connectivity index (χ0) is 47.7. The highest BCUT2D eigenvalue weighted by Gasteiger charge is 2.17. The van der Waals surface area contributed by atoms with Crippen LogP contribution in [0.25, 0.3) is 0 Å². The molecule has 0 heterocycles. The molecule has 0 aromatic heterocycles. The van der Waals surface area contributed by atoms with E-state index in [2.05, 4.69) is 106 Å². The number of rotatable bonds is 51. The van der Waals surface area contributed by atoms with Crippen molar-refractivity contribution in [2.75, 3.05) is 19.8 Å². The average Bonchev–Trinajstić information content (AvgIpc) is 3.32. The predicted molar refractivity (Wildman–Crippen MR) is 288 cm³/mol. The molecule has 5 nitrogen and oxygen atoms in total. The summed E-state index contributed by atoms with van der Waals surface area (Å²) >= 11 is 0. The number of ether oxygens (including phenoxy) is 3. The molecule has 66 heavy (non-hydrogen) atoms. The number of carbonyl (C=O) groups is 2. The lowest BCUT2D eigenvalue weighted by Crippen LogP contribution is -2.30. The van der Waals surface area contributed by atoms with Gasteiger partial charge in [0, 0.05) is 19.4 Å². The number of hydrogen-bond donors (Lipinski definition) is 0. The molecule has 0 rings (SSSR count). The molecule has 0 amide bonds. The van der Waals surface area contributed by atoms with Crippen LogP contribution in [0.5, 0.6) is 0 Å². The molecule has 0 fully saturated rings. The molecule has 1 unspecified atom stereocenters. The predicted octanol–water partition coefficient (Wildman–Crippen LogP) is 19.2. The normalized spacial score (nSPS) is 12.8. The minimum atomic E-state index is -0.560. The van der Waals surface area contributed by atoms with Gasteiger partial charge in [-0.25, -0.2) is 0 Å². The summed E-state index contributed by atoms with van der Waals surface area (Å²) in [7, 11) is 0. The van der Waals surface area contributed by atoms with E-state index >= 15 is 0 Å². The van der Waals surface area contributed by atoms with E-state index in [0.29, 0.717) is 19.4 Å². The van der Waals surface area contributed by atoms with Crippen molar-refractivity contribution >= 4 is 11.9 Å². The molecule has 380 valence electrons. The van der Waals surface area contributed by atoms with E-state index in [0.717, 1.165) is 89.9 Å². The first-order valence-electron chi connectivity index (χ1n) is 28.1. The molecule has 0 aromatic carbocycles. The van der Waals surface area contributed by atoms with Gasteiger partial charge in [-0.2, -0.15) is 0 Å². The summed E-state index contributed by atoms with van der Waals surface area (Å²) in [4.78, 5) is 25.5. The Bertz CT molecular complexity index is 1220. The summed E-state index contributed by atoms with van der Waals surface area (Å²) < 4.78 is 17.4. The highest BCUT2D eigenvalue weighted by molar-refractivity contribution is 5.70. The number of carbonyl (C=O) groups excluding carboxylic acids is 2. The zero-order valence-corrected chi connectivity index (χ0v) is 43.7. The van der Waals surface area contributed by atoms with Crippen LogP contribution in [-0.4, -0.2) is 37.9 Å². The summed E-state index contributed by atoms with van der Waals surface area (Å²) in [6.45, 7) is 7.63. The first-order valence-corrected chi connectivity index (χ1v) is 28.1. The highest BCUT2D eigenvalue weighted by atomic mass is 16.6. The van der Waals surface area contributed by atoms with Gasteiger partial charge in [0.05, 0.1) is 6.61 Å². The van der Waals surface area contributed by atoms with Gasteiger partial charge in [-0.1, -0.05) is 221 Å². The van der Waals surface area contributed by atoms with Gasteiger partial charge < -0.3 is 14.2 Å². The van der Waals surface area contributed by atoms with Crippen LogP contribution in [0, 0.1) is 0 Å². The molecule has 0 N–H and O–H groups in total. The minimum Gasteiger partial charge on any atom is -0.462 e. The average molecular weight is 920 g/mol. The lowest BCUT2D eigenvalue weighted by atomic mass is 10.1. The molecular weight excluding hydrogens is 813 g/mol. The Morgan fingerprint density at radius 3 is 1.11 bits per heavy atom. The first kappa shape index (κ1) is 63.1. The van der Waals surface area contributed by atoms with Crippen LogP contribution in [0.1, 0.15) is 265 Å². The smallest absolute Gasteiger partial charge is 0.306 e. The lowest BCUT2D eigenvalue weighted by molar-refractivity contribution is -0.163. The lowest BCUT2D eigenvalue weighted by Gasteiger charge is -2.18. The Labute approximate surface area is 409 Å². The fourth-order valence-corrected chi connectivity index (χ4v) is 7.70. The largest absolute Gasteiger partial charge is 0.462 e. The van der Waals surface area contributed by atoms with Gasteiger partial charge in [0.2, 0.25) is 0 Å². The van der Waals surface area contributed by atoms with Crippen LogP contribution in [-0.2, 0) is 23.8 Å². The maximum atomic E-state index is 12.8. The summed E-state index contributed by atoms with van der Waals surface area (Å²) in [5, 5.41) is 0. The molecule has 0 saturated heterocycles. The molecule has 1 atom stereocenters. The van der Waals surface area contributed by atoms with Gasteiger partial charge in [-0.05, 0) is 116 Å². The van der Waals surface area contributed by atoms with Gasteiger partial charge in [0.1, 0.15) is 6.61 Å². The van der Waals surface area contributed by atoms with Crippen LogP contribution in [0.15, 0.2) is 85.1 Å². The molecule has 0 aliphatic carbocycles. The Morgan fingerprint density at radius 1 is 0.348 bits per heavy atom. The molecule has 0 aliphatic rings. The standard InChI is InChI=1S/C61H106O5/c1-4-7-10-13-16-19-22-25-27-29-31-32-34-37-39-42-45-48-51-54-60(62)65-58-59(66-61(63)55-52-49-46-43-40-36-24-21-18-15-12-9-6-3)57-64-56-53-50-47-44-41-38-35-33-30-28-26-23-20-17-14-11-8-5-2/h9,12,16-21,25-28,36,40,59H,4-8,10-11,13-15,22-24,29-35,37-39,41-58H2,1-3H3/b12-9-,19-16-,20-17-,21-18-,27-25-,28-26-,40-36-. The van der Waals surface area contributed by atoms with E-state index in [9.17, 15) is 9.59 Å². The third-order valence-corrected chi connectivity index (χ3v) is 11.9. The van der Waals surface area contributed by atoms with Crippen molar-refractivity contribution in [3.63, 3.8) is 0 Å². The summed E-state index contributed by atoms with van der Waals surface area (Å²) in [6.07, 6.45) is 74.6. The van der Waals surface area contributed by atoms with Crippen LogP contribution in [0.3, 0.4) is 0 Å². The van der Waals surface area contributed by atoms with E-state index in [-0.39, 0.29) is 25.2 Å². The van der Waals surface area contributed by atoms with Crippen molar-refractivity contribution in [3.8, 4) is 0 Å². The van der Waals surface area contributed by atoms with E-state index < -0.39 is 6.10 Å². The molecule has 0 saturated carbocycles. The number of unbranched alkanes of at least 4 members (excludes halogenated alkanes) is 26. The third kappa shape index (κ3) is 53.7. The maximum absolute atomic E-state index is 12.8. The van der Waals surface area contributed by atoms with Crippen LogP contribution in [0.2, 0.25) is 0 Å². The van der Waals surface area contributed by atoms with Crippen molar-refractivity contribution in [3.05, 3.63) is 85.1 Å². The molecule has 0 aromatic rings. The molecule has 0 spiro atoms. The van der Waals surface area contributed by atoms with Crippen LogP contribution >= 0.6 is 0 Å². The Balaban J connectivity index is 4.29. The molecule has 0 bridgehead atoms.